The van der Waals surface area contributed by atoms with Gasteiger partial charge in [0.1, 0.15) is 23.7 Å². The number of aromatic amines is 2. The molecule has 62 heavy (non-hydrogen) atoms. The summed E-state index contributed by atoms with van der Waals surface area (Å²) in [4.78, 5) is 70.6. The van der Waals surface area contributed by atoms with Crippen molar-refractivity contribution in [1.82, 2.24) is 40.4 Å². The second kappa shape index (κ2) is 15.4. The standard InChI is InChI=1S/C44H48F4N8O6/c1-5-31(53-41(59)61-3)39(57)55-25-11-7-23(15-25)35(55)37-49-19-33(51-37)21-9-13-27-28-14-10-22(18-30(28)44(47,48)43(45,46)29(27)17-21)34-20-50-38(52-34)36-24-8-12-26(16-24)56(36)40(58)32(6-2)54-42(60)62-4/h9-10,13-14,17-20,23-26,31-32,35-36H,5-8,11-12,15-16H2,1-4H3,(H,49,51)(H,50,52)(H,53,59)(H,54,60)/t23?,24?,25-,26?,31?,32?,35?,36+/m1/s1. The van der Waals surface area contributed by atoms with Crippen molar-refractivity contribution in [1.29, 1.82) is 0 Å². The van der Waals surface area contributed by atoms with Crippen molar-refractivity contribution in [2.45, 2.75) is 113 Å². The number of hydrogen-bond donors (Lipinski definition) is 4. The number of imidazole rings is 2. The average molecular weight is 861 g/mol. The summed E-state index contributed by atoms with van der Waals surface area (Å²) in [7, 11) is 2.44. The lowest BCUT2D eigenvalue weighted by atomic mass is 9.79. The summed E-state index contributed by atoms with van der Waals surface area (Å²) in [5, 5.41) is 5.21. The van der Waals surface area contributed by atoms with E-state index in [1.165, 1.54) is 38.7 Å². The van der Waals surface area contributed by atoms with Crippen LogP contribution in [0.15, 0.2) is 48.8 Å². The fraction of sp³-hybridized carbons (Fsp3) is 0.500. The number of fused-ring (bicyclic) bond motifs is 7. The highest BCUT2D eigenvalue weighted by atomic mass is 19.3. The van der Waals surface area contributed by atoms with Gasteiger partial charge < -0.3 is 39.9 Å². The molecule has 6 unspecified atom stereocenters. The van der Waals surface area contributed by atoms with E-state index in [-0.39, 0.29) is 58.0 Å². The Morgan fingerprint density at radius 3 is 1.47 bits per heavy atom. The molecule has 2 saturated heterocycles. The number of ether oxygens (including phenoxy) is 2. The van der Waals surface area contributed by atoms with Crippen molar-refractivity contribution in [2.75, 3.05) is 14.2 Å². The maximum Gasteiger partial charge on any atom is 0.407 e. The lowest BCUT2D eigenvalue weighted by Gasteiger charge is -2.36. The van der Waals surface area contributed by atoms with Gasteiger partial charge in [-0.2, -0.15) is 17.6 Å². The third kappa shape index (κ3) is 6.50. The Labute approximate surface area is 354 Å². The van der Waals surface area contributed by atoms with Crippen LogP contribution in [0.4, 0.5) is 27.2 Å². The van der Waals surface area contributed by atoms with Crippen LogP contribution in [0.25, 0.3) is 33.6 Å². The Morgan fingerprint density at radius 2 is 1.10 bits per heavy atom. The number of hydrogen-bond acceptors (Lipinski definition) is 8. The topological polar surface area (TPSA) is 175 Å². The third-order valence-corrected chi connectivity index (χ3v) is 13.8. The highest BCUT2D eigenvalue weighted by Gasteiger charge is 2.63. The number of nitrogens with one attached hydrogen (secondary N) is 4. The Hall–Kier alpha value is -5.94. The fourth-order valence-corrected chi connectivity index (χ4v) is 10.8. The van der Waals surface area contributed by atoms with Gasteiger partial charge in [0.25, 0.3) is 0 Å². The van der Waals surface area contributed by atoms with E-state index in [0.29, 0.717) is 35.9 Å². The lowest BCUT2D eigenvalue weighted by Crippen LogP contribution is -2.51. The number of likely N-dealkylation sites (tertiary alicyclic amines) is 2. The average Bonchev–Trinajstić information content (AvgIpc) is 4.15. The summed E-state index contributed by atoms with van der Waals surface area (Å²) in [6.45, 7) is 3.57. The van der Waals surface area contributed by atoms with E-state index in [9.17, 15) is 19.2 Å². The van der Waals surface area contributed by atoms with Crippen LogP contribution in [0.5, 0.6) is 0 Å². The molecule has 328 valence electrons. The number of H-pyrrole nitrogens is 2. The molecule has 4 heterocycles. The zero-order chi connectivity index (χ0) is 43.8. The minimum Gasteiger partial charge on any atom is -0.453 e. The first-order valence-electron chi connectivity index (χ1n) is 21.2. The maximum atomic E-state index is 16.3. The third-order valence-electron chi connectivity index (χ3n) is 13.8. The number of aromatic nitrogens is 4. The molecule has 2 aromatic carbocycles. The van der Waals surface area contributed by atoms with E-state index in [4.69, 9.17) is 9.47 Å². The van der Waals surface area contributed by atoms with Crippen LogP contribution in [0.1, 0.15) is 100 Å². The molecule has 2 saturated carbocycles. The monoisotopic (exact) mass is 860 g/mol. The van der Waals surface area contributed by atoms with Gasteiger partial charge in [-0.1, -0.05) is 38.1 Å². The minimum absolute atomic E-state index is 0.0352. The number of amides is 4. The summed E-state index contributed by atoms with van der Waals surface area (Å²) in [6, 6.07) is 5.50. The second-order valence-corrected chi connectivity index (χ2v) is 17.1. The molecule has 4 N–H and O–H groups in total. The number of methoxy groups -OCH3 is 2. The van der Waals surface area contributed by atoms with Gasteiger partial charge in [0.05, 0.1) is 50.1 Å². The zero-order valence-electron chi connectivity index (χ0n) is 34.6. The predicted molar refractivity (Wildman–Crippen MR) is 216 cm³/mol. The number of rotatable bonds is 10. The molecule has 4 fully saturated rings. The van der Waals surface area contributed by atoms with Gasteiger partial charge >= 0.3 is 24.0 Å². The van der Waals surface area contributed by atoms with Crippen molar-refractivity contribution in [3.8, 4) is 33.6 Å². The van der Waals surface area contributed by atoms with E-state index < -0.39 is 59.3 Å². The first kappa shape index (κ1) is 41.4. The van der Waals surface area contributed by atoms with Gasteiger partial charge in [0.15, 0.2) is 0 Å². The number of alkyl carbamates (subject to hydrolysis) is 2. The highest BCUT2D eigenvalue weighted by Crippen LogP contribution is 2.59. The second-order valence-electron chi connectivity index (χ2n) is 17.1. The molecule has 8 atom stereocenters. The number of piperidine rings is 2. The highest BCUT2D eigenvalue weighted by molar-refractivity contribution is 5.88. The minimum atomic E-state index is -4.60. The van der Waals surface area contributed by atoms with Crippen LogP contribution in [-0.2, 0) is 30.9 Å². The molecular weight excluding hydrogens is 813 g/mol. The van der Waals surface area contributed by atoms with Gasteiger partial charge in [-0.15, -0.1) is 0 Å². The number of benzene rings is 2. The molecule has 14 nitrogen and oxygen atoms in total. The molecule has 4 bridgehead atoms. The van der Waals surface area contributed by atoms with Crippen LogP contribution in [-0.4, -0.2) is 92.1 Å². The first-order valence-corrected chi connectivity index (χ1v) is 21.2. The van der Waals surface area contributed by atoms with Gasteiger partial charge in [-0.3, -0.25) is 9.59 Å². The van der Waals surface area contributed by atoms with Crippen LogP contribution >= 0.6 is 0 Å². The van der Waals surface area contributed by atoms with Crippen LogP contribution in [0.2, 0.25) is 0 Å². The number of nitrogens with zero attached hydrogens (tertiary/aromatic N) is 4. The molecule has 9 rings (SSSR count). The van der Waals surface area contributed by atoms with Gasteiger partial charge in [0, 0.05) is 34.3 Å². The van der Waals surface area contributed by atoms with E-state index >= 15 is 17.6 Å². The Balaban J connectivity index is 0.991. The Bertz CT molecular complexity index is 2270. The molecule has 0 spiro atoms. The molecule has 3 aliphatic carbocycles. The summed E-state index contributed by atoms with van der Waals surface area (Å²) in [5.74, 6) is -8.66. The molecule has 4 amide bonds. The fourth-order valence-electron chi connectivity index (χ4n) is 10.8. The molecule has 18 heteroatoms. The smallest absolute Gasteiger partial charge is 0.407 e. The van der Waals surface area contributed by atoms with E-state index in [2.05, 4.69) is 30.6 Å². The van der Waals surface area contributed by atoms with Crippen LogP contribution in [0, 0.1) is 11.8 Å². The van der Waals surface area contributed by atoms with E-state index in [0.717, 1.165) is 50.7 Å². The van der Waals surface area contributed by atoms with Crippen molar-refractivity contribution < 1.29 is 46.2 Å². The molecule has 2 aliphatic heterocycles. The lowest BCUT2D eigenvalue weighted by molar-refractivity contribution is -0.225. The van der Waals surface area contributed by atoms with Crippen molar-refractivity contribution in [2.24, 2.45) is 11.8 Å². The Kier molecular flexibility index (Phi) is 10.3. The van der Waals surface area contributed by atoms with Gasteiger partial charge in [0.2, 0.25) is 11.8 Å². The van der Waals surface area contributed by atoms with E-state index in [1.807, 2.05) is 0 Å². The summed E-state index contributed by atoms with van der Waals surface area (Å²) < 4.78 is 74.5. The SMILES string of the molecule is CCC(NC(=O)OC)C(=O)N1C(c2ncc(-c3ccc4c(c3)C(F)(F)C(F)(F)c3cc(-c5cnc([C@@H]6C7CCC(C7)N6C(=O)C(CC)NC(=O)OC)[nH]5)ccc3-4)[nH]2)C2CC[C@@H]1C2. The normalized spacial score (nSPS) is 25.8. The largest absolute Gasteiger partial charge is 0.453 e. The molecule has 4 aromatic rings. The van der Waals surface area contributed by atoms with Crippen molar-refractivity contribution in [3.63, 3.8) is 0 Å². The molecule has 2 aromatic heterocycles. The van der Waals surface area contributed by atoms with E-state index in [1.54, 1.807) is 35.8 Å². The van der Waals surface area contributed by atoms with Crippen molar-refractivity contribution in [3.05, 3.63) is 71.6 Å². The number of carbonyl (C=O) groups excluding carboxylic acids is 4. The van der Waals surface area contributed by atoms with Gasteiger partial charge in [-0.25, -0.2) is 19.6 Å². The number of halogens is 4. The summed E-state index contributed by atoms with van der Waals surface area (Å²) in [5.41, 5.74) is -0.624. The molecule has 5 aliphatic rings. The zero-order valence-corrected chi connectivity index (χ0v) is 34.6. The number of carbonyl (C=O) groups is 4. The first-order chi connectivity index (χ1) is 29.7. The van der Waals surface area contributed by atoms with Crippen molar-refractivity contribution >= 4 is 24.0 Å². The van der Waals surface area contributed by atoms with Gasteiger partial charge in [-0.05, 0) is 86.5 Å². The predicted octanol–water partition coefficient (Wildman–Crippen LogP) is 7.70. The van der Waals surface area contributed by atoms with Crippen LogP contribution in [0.3, 0.4) is 0 Å². The summed E-state index contributed by atoms with van der Waals surface area (Å²) in [6.07, 6.45) is 6.98. The molecular formula is C44H48F4N8O6. The Morgan fingerprint density at radius 1 is 0.694 bits per heavy atom. The maximum absolute atomic E-state index is 16.3. The molecule has 0 radical (unpaired) electrons. The quantitative estimate of drug-likeness (QED) is 0.117. The number of alkyl halides is 4. The van der Waals surface area contributed by atoms with Crippen LogP contribution < -0.4 is 10.6 Å². The summed E-state index contributed by atoms with van der Waals surface area (Å²) >= 11 is 0.